The van der Waals surface area contributed by atoms with Crippen molar-refractivity contribution in [3.05, 3.63) is 96.1 Å². The zero-order valence-electron chi connectivity index (χ0n) is 23.1. The predicted octanol–water partition coefficient (Wildman–Crippen LogP) is 8.69. The van der Waals surface area contributed by atoms with Crippen LogP contribution in [0.3, 0.4) is 0 Å². The molecule has 1 aliphatic rings. The summed E-state index contributed by atoms with van der Waals surface area (Å²) in [6.45, 7) is 12.5. The van der Waals surface area contributed by atoms with Gasteiger partial charge in [-0.3, -0.25) is 10.1 Å². The van der Waals surface area contributed by atoms with Gasteiger partial charge < -0.3 is 10.3 Å². The number of nitrogens with one attached hydrogen (secondary N) is 3. The molecule has 3 N–H and O–H groups in total. The Balaban J connectivity index is 1.33. The number of aryl methyl sites for hydroxylation is 1. The SMILES string of the molecule is C=C/C(=C\C(=C/C)c1ccc2[nH]nc(-c3cc4c(-c5ccc(C)s5)cncc4[nH]3)c2n1)NC(=C)C1CCCCC1. The maximum absolute atomic E-state index is 5.07. The standard InChI is InChI=1S/C33H34N6S/c1-5-22(16-24(6-2)35-21(4)23-10-8-7-9-11-23)27-13-14-28-32(37-27)33(39-38-28)29-17-25-26(18-34-19-30(25)36-29)31-15-12-20(3)40-31/h5-6,12-19,23,35-36H,2,4,7-11H2,1,3H3,(H,38,39)/b22-5+,24-16+. The van der Waals surface area contributed by atoms with Crippen LogP contribution in [0.15, 0.2) is 85.5 Å². The summed E-state index contributed by atoms with van der Waals surface area (Å²) in [4.78, 5) is 15.6. The summed E-state index contributed by atoms with van der Waals surface area (Å²) >= 11 is 1.77. The molecule has 0 unspecified atom stereocenters. The van der Waals surface area contributed by atoms with E-state index in [4.69, 9.17) is 4.98 Å². The van der Waals surface area contributed by atoms with Crippen molar-refractivity contribution in [2.45, 2.75) is 46.0 Å². The van der Waals surface area contributed by atoms with E-state index in [1.165, 1.54) is 41.9 Å². The van der Waals surface area contributed by atoms with Crippen LogP contribution in [0, 0.1) is 12.8 Å². The molecule has 1 saturated carbocycles. The number of hydrogen-bond acceptors (Lipinski definition) is 5. The summed E-state index contributed by atoms with van der Waals surface area (Å²) in [6, 6.07) is 10.5. The molecule has 1 fully saturated rings. The second-order valence-electron chi connectivity index (χ2n) is 10.4. The molecule has 40 heavy (non-hydrogen) atoms. The van der Waals surface area contributed by atoms with Crippen LogP contribution in [0.2, 0.25) is 0 Å². The fourth-order valence-corrected chi connectivity index (χ4v) is 6.45. The van der Waals surface area contributed by atoms with Gasteiger partial charge in [0.05, 0.1) is 28.6 Å². The van der Waals surface area contributed by atoms with Gasteiger partial charge in [0.25, 0.3) is 0 Å². The molecule has 0 saturated heterocycles. The van der Waals surface area contributed by atoms with Crippen LogP contribution in [0.5, 0.6) is 0 Å². The third kappa shape index (κ3) is 5.05. The first kappa shape index (κ1) is 26.0. The van der Waals surface area contributed by atoms with E-state index in [0.717, 1.165) is 61.5 Å². The average Bonchev–Trinajstić information content (AvgIpc) is 3.72. The highest BCUT2D eigenvalue weighted by Gasteiger charge is 2.18. The molecule has 202 valence electrons. The van der Waals surface area contributed by atoms with Gasteiger partial charge in [0, 0.05) is 38.3 Å². The quantitative estimate of drug-likeness (QED) is 0.170. The molecule has 5 heterocycles. The number of hydrogen-bond donors (Lipinski definition) is 3. The smallest absolute Gasteiger partial charge is 0.135 e. The molecular formula is C33H34N6S. The zero-order valence-corrected chi connectivity index (χ0v) is 23.9. The molecule has 7 heteroatoms. The third-order valence-corrected chi connectivity index (χ3v) is 8.79. The minimum atomic E-state index is 0.519. The van der Waals surface area contributed by atoms with E-state index in [1.54, 1.807) is 11.3 Å². The van der Waals surface area contributed by atoms with Gasteiger partial charge in [0.2, 0.25) is 0 Å². The first-order valence-corrected chi connectivity index (χ1v) is 14.7. The lowest BCUT2D eigenvalue weighted by atomic mass is 9.87. The summed E-state index contributed by atoms with van der Waals surface area (Å²) in [5, 5.41) is 12.5. The highest BCUT2D eigenvalue weighted by Crippen LogP contribution is 2.36. The van der Waals surface area contributed by atoms with Crippen LogP contribution >= 0.6 is 11.3 Å². The number of H-pyrrole nitrogens is 2. The van der Waals surface area contributed by atoms with Gasteiger partial charge in [-0.25, -0.2) is 4.98 Å². The lowest BCUT2D eigenvalue weighted by molar-refractivity contribution is 0.393. The molecule has 5 aromatic heterocycles. The number of aromatic nitrogens is 5. The van der Waals surface area contributed by atoms with Crippen LogP contribution < -0.4 is 5.32 Å². The predicted molar refractivity (Wildman–Crippen MR) is 168 cm³/mol. The van der Waals surface area contributed by atoms with Crippen molar-refractivity contribution in [2.24, 2.45) is 5.92 Å². The summed E-state index contributed by atoms with van der Waals surface area (Å²) in [5.41, 5.74) is 9.37. The van der Waals surface area contributed by atoms with Crippen LogP contribution in [0.1, 0.15) is 49.6 Å². The van der Waals surface area contributed by atoms with Crippen LogP contribution in [0.4, 0.5) is 0 Å². The molecule has 0 aromatic carbocycles. The Morgan fingerprint density at radius 1 is 1.10 bits per heavy atom. The van der Waals surface area contributed by atoms with Crippen molar-refractivity contribution in [1.82, 2.24) is 30.5 Å². The van der Waals surface area contributed by atoms with Gasteiger partial charge in [0.1, 0.15) is 11.2 Å². The van der Waals surface area contributed by atoms with E-state index in [0.29, 0.717) is 5.92 Å². The maximum atomic E-state index is 5.07. The summed E-state index contributed by atoms with van der Waals surface area (Å²) in [5.74, 6) is 0.519. The van der Waals surface area contributed by atoms with Crippen LogP contribution in [-0.2, 0) is 0 Å². The number of allylic oxidation sites excluding steroid dienone is 5. The second kappa shape index (κ2) is 11.1. The van der Waals surface area contributed by atoms with Crippen molar-refractivity contribution in [1.29, 1.82) is 0 Å². The average molecular weight is 547 g/mol. The van der Waals surface area contributed by atoms with Crippen molar-refractivity contribution in [3.8, 4) is 21.8 Å². The topological polar surface area (TPSA) is 82.3 Å². The van der Waals surface area contributed by atoms with Crippen LogP contribution in [-0.4, -0.2) is 25.1 Å². The Kier molecular flexibility index (Phi) is 7.22. The monoisotopic (exact) mass is 546 g/mol. The Morgan fingerprint density at radius 3 is 2.70 bits per heavy atom. The Morgan fingerprint density at radius 2 is 1.95 bits per heavy atom. The molecular weight excluding hydrogens is 512 g/mol. The molecule has 6 rings (SSSR count). The highest BCUT2D eigenvalue weighted by atomic mass is 32.1. The van der Waals surface area contributed by atoms with Crippen molar-refractivity contribution in [3.63, 3.8) is 0 Å². The lowest BCUT2D eigenvalue weighted by Gasteiger charge is -2.25. The number of fused-ring (bicyclic) bond motifs is 2. The Labute approximate surface area is 238 Å². The molecule has 0 radical (unpaired) electrons. The third-order valence-electron chi connectivity index (χ3n) is 7.75. The number of pyridine rings is 2. The molecule has 0 amide bonds. The lowest BCUT2D eigenvalue weighted by Crippen LogP contribution is -2.20. The van der Waals surface area contributed by atoms with E-state index < -0.39 is 0 Å². The second-order valence-corrected chi connectivity index (χ2v) is 11.7. The molecule has 0 spiro atoms. The number of thiophene rings is 1. The van der Waals surface area contributed by atoms with E-state index in [1.807, 2.05) is 37.5 Å². The van der Waals surface area contributed by atoms with Gasteiger partial charge in [-0.2, -0.15) is 5.10 Å². The fraction of sp³-hybridized carbons (Fsp3) is 0.242. The van der Waals surface area contributed by atoms with Gasteiger partial charge in [-0.05, 0) is 80.7 Å². The van der Waals surface area contributed by atoms with Crippen molar-refractivity contribution in [2.75, 3.05) is 0 Å². The molecule has 1 aliphatic carbocycles. The maximum Gasteiger partial charge on any atom is 0.135 e. The van der Waals surface area contributed by atoms with Gasteiger partial charge in [0.15, 0.2) is 0 Å². The Bertz CT molecular complexity index is 1770. The highest BCUT2D eigenvalue weighted by molar-refractivity contribution is 7.15. The van der Waals surface area contributed by atoms with Gasteiger partial charge in [-0.1, -0.05) is 38.5 Å². The van der Waals surface area contributed by atoms with Crippen LogP contribution in [0.25, 0.3) is 49.3 Å². The van der Waals surface area contributed by atoms with Gasteiger partial charge >= 0.3 is 0 Å². The first-order valence-electron chi connectivity index (χ1n) is 13.9. The minimum absolute atomic E-state index is 0.519. The molecule has 5 aromatic rings. The summed E-state index contributed by atoms with van der Waals surface area (Å²) in [7, 11) is 0. The largest absolute Gasteiger partial charge is 0.359 e. The summed E-state index contributed by atoms with van der Waals surface area (Å²) in [6.07, 6.45) is 16.1. The molecule has 0 bridgehead atoms. The van der Waals surface area contributed by atoms with Gasteiger partial charge in [-0.15, -0.1) is 11.3 Å². The van der Waals surface area contributed by atoms with E-state index >= 15 is 0 Å². The van der Waals surface area contributed by atoms with E-state index in [2.05, 4.69) is 75.9 Å². The van der Waals surface area contributed by atoms with E-state index in [9.17, 15) is 0 Å². The number of nitrogens with zero attached hydrogens (tertiary/aromatic N) is 3. The number of aromatic amines is 2. The normalized spacial score (nSPS) is 15.2. The minimum Gasteiger partial charge on any atom is -0.359 e. The zero-order chi connectivity index (χ0) is 27.6. The molecule has 0 atom stereocenters. The molecule has 6 nitrogen and oxygen atoms in total. The van der Waals surface area contributed by atoms with Crippen molar-refractivity contribution >= 4 is 38.8 Å². The Hall–Kier alpha value is -4.23. The first-order chi connectivity index (χ1) is 19.5. The van der Waals surface area contributed by atoms with Crippen molar-refractivity contribution < 1.29 is 0 Å². The molecule has 0 aliphatic heterocycles. The van der Waals surface area contributed by atoms with E-state index in [-0.39, 0.29) is 0 Å². The summed E-state index contributed by atoms with van der Waals surface area (Å²) < 4.78 is 0. The number of rotatable bonds is 8. The fourth-order valence-electron chi connectivity index (χ4n) is 5.56.